The number of rotatable bonds is 5. The molecule has 1 aliphatic rings. The molecule has 5 rings (SSSR count). The summed E-state index contributed by atoms with van der Waals surface area (Å²) in [5.41, 5.74) is 6.31. The van der Waals surface area contributed by atoms with Gasteiger partial charge in [0.25, 0.3) is 11.8 Å². The van der Waals surface area contributed by atoms with Gasteiger partial charge in [0, 0.05) is 16.1 Å². The minimum absolute atomic E-state index is 0.199. The normalized spacial score (nSPS) is 12.1. The van der Waals surface area contributed by atoms with Crippen LogP contribution in [0.3, 0.4) is 0 Å². The van der Waals surface area contributed by atoms with Crippen LogP contribution in [0, 0.1) is 0 Å². The van der Waals surface area contributed by atoms with Crippen molar-refractivity contribution in [2.24, 2.45) is 0 Å². The van der Waals surface area contributed by atoms with E-state index >= 15 is 0 Å². The van der Waals surface area contributed by atoms with Gasteiger partial charge in [-0.3, -0.25) is 9.59 Å². The van der Waals surface area contributed by atoms with Gasteiger partial charge >= 0.3 is 0 Å². The molecule has 1 aromatic heterocycles. The molecule has 0 spiro atoms. The predicted molar refractivity (Wildman–Crippen MR) is 130 cm³/mol. The van der Waals surface area contributed by atoms with Crippen LogP contribution in [0.25, 0.3) is 17.2 Å². The number of carbonyl (C=O) groups is 2. The molecule has 4 nitrogen and oxygen atoms in total. The molecule has 5 heteroatoms. The second kappa shape index (κ2) is 8.65. The molecule has 0 saturated heterocycles. The lowest BCUT2D eigenvalue weighted by Crippen LogP contribution is -2.30. The second-order valence-electron chi connectivity index (χ2n) is 7.55. The van der Waals surface area contributed by atoms with E-state index in [-0.39, 0.29) is 17.5 Å². The van der Waals surface area contributed by atoms with Gasteiger partial charge in [0.2, 0.25) is 0 Å². The number of amides is 2. The van der Waals surface area contributed by atoms with Gasteiger partial charge in [-0.2, -0.15) is 0 Å². The Morgan fingerprint density at radius 3 is 2.41 bits per heavy atom. The molecule has 3 aromatic carbocycles. The zero-order chi connectivity index (χ0) is 21.9. The molecule has 2 amide bonds. The fourth-order valence-electron chi connectivity index (χ4n) is 3.88. The number of nitrogens with one attached hydrogen (secondary N) is 2. The van der Waals surface area contributed by atoms with Crippen molar-refractivity contribution in [2.75, 3.05) is 5.32 Å². The molecule has 0 radical (unpaired) electrons. The minimum Gasteiger partial charge on any atom is -0.321 e. The van der Waals surface area contributed by atoms with E-state index in [0.29, 0.717) is 11.3 Å². The van der Waals surface area contributed by atoms with Crippen molar-refractivity contribution in [1.29, 1.82) is 0 Å². The average molecular weight is 437 g/mol. The number of thiophene rings is 1. The van der Waals surface area contributed by atoms with Gasteiger partial charge in [-0.1, -0.05) is 54.6 Å². The van der Waals surface area contributed by atoms with E-state index in [4.69, 9.17) is 0 Å². The maximum absolute atomic E-state index is 13.1. The van der Waals surface area contributed by atoms with E-state index in [1.54, 1.807) is 30.3 Å². The highest BCUT2D eigenvalue weighted by atomic mass is 32.1. The summed E-state index contributed by atoms with van der Waals surface area (Å²) in [6, 6.07) is 27.0. The molecule has 0 unspecified atom stereocenters. The number of hydrogen-bond donors (Lipinski definition) is 2. The van der Waals surface area contributed by atoms with Crippen molar-refractivity contribution in [3.05, 3.63) is 118 Å². The van der Waals surface area contributed by atoms with E-state index in [1.807, 2.05) is 53.9 Å². The van der Waals surface area contributed by atoms with Crippen LogP contribution in [-0.4, -0.2) is 11.8 Å². The molecule has 1 aliphatic carbocycles. The lowest BCUT2D eigenvalue weighted by molar-refractivity contribution is -0.113. The first kappa shape index (κ1) is 20.0. The van der Waals surface area contributed by atoms with Crippen LogP contribution in [0.1, 0.15) is 26.4 Å². The summed E-state index contributed by atoms with van der Waals surface area (Å²) >= 11 is 1.50. The fourth-order valence-corrected chi connectivity index (χ4v) is 4.54. The standard InChI is InChI=1S/C27H20N2O2S/c30-26(18-7-2-1-3-8-18)29-25(17-22-10-6-14-32-22)27(31)28-21-12-13-24-20(16-21)15-19-9-4-5-11-23(19)24/h1-14,16-17H,15H2,(H,28,31)(H,29,30)/b25-17+. The summed E-state index contributed by atoms with van der Waals surface area (Å²) in [7, 11) is 0. The highest BCUT2D eigenvalue weighted by molar-refractivity contribution is 7.10. The van der Waals surface area contributed by atoms with Crippen molar-refractivity contribution in [1.82, 2.24) is 5.32 Å². The van der Waals surface area contributed by atoms with Crippen molar-refractivity contribution < 1.29 is 9.59 Å². The van der Waals surface area contributed by atoms with E-state index in [0.717, 1.165) is 11.3 Å². The van der Waals surface area contributed by atoms with Crippen LogP contribution < -0.4 is 10.6 Å². The summed E-state index contributed by atoms with van der Waals surface area (Å²) in [4.78, 5) is 26.7. The van der Waals surface area contributed by atoms with Gasteiger partial charge < -0.3 is 10.6 Å². The second-order valence-corrected chi connectivity index (χ2v) is 8.53. The third-order valence-electron chi connectivity index (χ3n) is 5.41. The summed E-state index contributed by atoms with van der Waals surface area (Å²) in [6.07, 6.45) is 2.54. The zero-order valence-electron chi connectivity index (χ0n) is 17.2. The molecular weight excluding hydrogens is 416 g/mol. The minimum atomic E-state index is -0.363. The highest BCUT2D eigenvalue weighted by Gasteiger charge is 2.19. The summed E-state index contributed by atoms with van der Waals surface area (Å²) in [6.45, 7) is 0. The molecular formula is C27H20N2O2S. The monoisotopic (exact) mass is 436 g/mol. The van der Waals surface area contributed by atoms with E-state index in [1.165, 1.54) is 33.6 Å². The van der Waals surface area contributed by atoms with Gasteiger partial charge in [0.05, 0.1) is 0 Å². The van der Waals surface area contributed by atoms with Gasteiger partial charge in [0.15, 0.2) is 0 Å². The van der Waals surface area contributed by atoms with Gasteiger partial charge in [-0.25, -0.2) is 0 Å². The molecule has 156 valence electrons. The maximum Gasteiger partial charge on any atom is 0.272 e. The Morgan fingerprint density at radius 2 is 1.59 bits per heavy atom. The Labute approximate surface area is 190 Å². The first-order valence-electron chi connectivity index (χ1n) is 10.3. The number of carbonyl (C=O) groups excluding carboxylic acids is 2. The largest absolute Gasteiger partial charge is 0.321 e. The third-order valence-corrected chi connectivity index (χ3v) is 6.23. The quantitative estimate of drug-likeness (QED) is 0.346. The summed E-state index contributed by atoms with van der Waals surface area (Å²) < 4.78 is 0. The number of hydrogen-bond acceptors (Lipinski definition) is 3. The lowest BCUT2D eigenvalue weighted by atomic mass is 10.1. The van der Waals surface area contributed by atoms with Crippen molar-refractivity contribution in [3.8, 4) is 11.1 Å². The maximum atomic E-state index is 13.1. The Morgan fingerprint density at radius 1 is 0.812 bits per heavy atom. The molecule has 0 aliphatic heterocycles. The molecule has 2 N–H and O–H groups in total. The molecule has 0 atom stereocenters. The fraction of sp³-hybridized carbons (Fsp3) is 0.0370. The van der Waals surface area contributed by atoms with Gasteiger partial charge in [-0.05, 0) is 70.5 Å². The predicted octanol–water partition coefficient (Wildman–Crippen LogP) is 5.73. The molecule has 1 heterocycles. The first-order chi connectivity index (χ1) is 15.7. The Kier molecular flexibility index (Phi) is 5.40. The van der Waals surface area contributed by atoms with Crippen LogP contribution in [0.2, 0.25) is 0 Å². The van der Waals surface area contributed by atoms with E-state index in [2.05, 4.69) is 22.8 Å². The Balaban J connectivity index is 1.39. The topological polar surface area (TPSA) is 58.2 Å². The van der Waals surface area contributed by atoms with Crippen molar-refractivity contribution >= 4 is 34.9 Å². The molecule has 4 aromatic rings. The number of benzene rings is 3. The van der Waals surface area contributed by atoms with E-state index < -0.39 is 0 Å². The molecule has 0 bridgehead atoms. The van der Waals surface area contributed by atoms with Crippen LogP contribution >= 0.6 is 11.3 Å². The van der Waals surface area contributed by atoms with Crippen LogP contribution in [0.5, 0.6) is 0 Å². The summed E-state index contributed by atoms with van der Waals surface area (Å²) in [5, 5.41) is 7.65. The van der Waals surface area contributed by atoms with Crippen molar-refractivity contribution in [2.45, 2.75) is 6.42 Å². The zero-order valence-corrected chi connectivity index (χ0v) is 18.0. The average Bonchev–Trinajstić information content (AvgIpc) is 3.46. The smallest absolute Gasteiger partial charge is 0.272 e. The number of anilines is 1. The SMILES string of the molecule is O=C(Nc1ccc2c(c1)Cc1ccccc1-2)/C(=C\c1cccs1)NC(=O)c1ccccc1. The van der Waals surface area contributed by atoms with Crippen LogP contribution in [-0.2, 0) is 11.2 Å². The van der Waals surface area contributed by atoms with Crippen LogP contribution in [0.15, 0.2) is 96.0 Å². The number of fused-ring (bicyclic) bond motifs is 3. The lowest BCUT2D eigenvalue weighted by Gasteiger charge is -2.12. The Hall–Kier alpha value is -3.96. The Bertz CT molecular complexity index is 1330. The molecule has 0 saturated carbocycles. The third kappa shape index (κ3) is 4.11. The molecule has 32 heavy (non-hydrogen) atoms. The van der Waals surface area contributed by atoms with Crippen molar-refractivity contribution in [3.63, 3.8) is 0 Å². The van der Waals surface area contributed by atoms with Gasteiger partial charge in [-0.15, -0.1) is 11.3 Å². The van der Waals surface area contributed by atoms with E-state index in [9.17, 15) is 9.59 Å². The first-order valence-corrected chi connectivity index (χ1v) is 11.2. The molecule has 0 fully saturated rings. The summed E-state index contributed by atoms with van der Waals surface area (Å²) in [5.74, 6) is -0.689. The van der Waals surface area contributed by atoms with Crippen LogP contribution in [0.4, 0.5) is 5.69 Å². The van der Waals surface area contributed by atoms with Gasteiger partial charge in [0.1, 0.15) is 5.70 Å². The highest BCUT2D eigenvalue weighted by Crippen LogP contribution is 2.37.